The van der Waals surface area contributed by atoms with Crippen LogP contribution in [0, 0.1) is 0 Å². The molecule has 0 amide bonds. The van der Waals surface area contributed by atoms with Gasteiger partial charge in [-0.05, 0) is 128 Å². The van der Waals surface area contributed by atoms with E-state index < -0.39 is 30.3 Å². The standard InChI is InChI=1S/C74H113NO8/c1-6-8-10-12-14-16-18-20-22-24-26-27-28-29-30-31-32-33-34-35-36-37-38-39-40-41-42-43-44-45-47-49-51-53-55-57-59-61-63-65-72(77)83-70(69-82-74(73(78)79)80-67-66-75(3,4)5)68-81-71(76)64-62-60-58-56-54-52-50-48-46-25-23-21-19-17-15-13-11-9-7-2/h8-11,14-17,20-23,26-27,29-30,32-33,35-36,38-39,41-42,44-46,48,52,54,58,60,70,74H,6-7,12-13,18-19,24-25,28,31,34,37,40,43,47,49-51,53,55-57,59,61-69H2,1-5H3/p+1/b10-8-,11-9-,16-14-,17-15-,22-20-,23-21-,27-26-,30-29-,33-32-,36-35-,39-38-,42-41-,45-44-,48-46-,54-52-,60-58-. The summed E-state index contributed by atoms with van der Waals surface area (Å²) in [5, 5.41) is 9.71. The van der Waals surface area contributed by atoms with Gasteiger partial charge >= 0.3 is 17.9 Å². The highest BCUT2D eigenvalue weighted by molar-refractivity contribution is 5.71. The number of esters is 2. The van der Waals surface area contributed by atoms with Crippen LogP contribution in [-0.4, -0.2) is 87.4 Å². The monoisotopic (exact) mass is 1140 g/mol. The van der Waals surface area contributed by atoms with Crippen molar-refractivity contribution in [1.29, 1.82) is 0 Å². The second-order valence-electron chi connectivity index (χ2n) is 21.2. The van der Waals surface area contributed by atoms with Gasteiger partial charge < -0.3 is 28.5 Å². The molecule has 0 spiro atoms. The molecule has 0 saturated heterocycles. The third-order valence-electron chi connectivity index (χ3n) is 12.4. The lowest BCUT2D eigenvalue weighted by Crippen LogP contribution is -2.40. The molecule has 83 heavy (non-hydrogen) atoms. The Labute approximate surface area is 506 Å². The van der Waals surface area contributed by atoms with Crippen LogP contribution in [0.15, 0.2) is 194 Å². The van der Waals surface area contributed by atoms with Crippen LogP contribution >= 0.6 is 0 Å². The van der Waals surface area contributed by atoms with Crippen molar-refractivity contribution in [3.63, 3.8) is 0 Å². The van der Waals surface area contributed by atoms with Crippen molar-refractivity contribution < 1.29 is 42.9 Å². The molecular formula is C74H114NO8+. The van der Waals surface area contributed by atoms with Gasteiger partial charge in [0.1, 0.15) is 13.2 Å². The van der Waals surface area contributed by atoms with E-state index >= 15 is 0 Å². The molecule has 0 aliphatic carbocycles. The van der Waals surface area contributed by atoms with Crippen LogP contribution < -0.4 is 0 Å². The summed E-state index contributed by atoms with van der Waals surface area (Å²) in [6, 6.07) is 0. The summed E-state index contributed by atoms with van der Waals surface area (Å²) in [6.07, 6.45) is 94.0. The number of aliphatic carboxylic acids is 1. The van der Waals surface area contributed by atoms with E-state index in [0.717, 1.165) is 128 Å². The number of allylic oxidation sites excluding steroid dienone is 32. The number of carboxylic acids is 1. The molecule has 0 aromatic carbocycles. The molecule has 0 saturated carbocycles. The molecule has 0 rings (SSSR count). The molecule has 2 unspecified atom stereocenters. The number of carbonyl (C=O) groups excluding carboxylic acids is 2. The van der Waals surface area contributed by atoms with Gasteiger partial charge in [-0.3, -0.25) is 9.59 Å². The topological polar surface area (TPSA) is 108 Å². The minimum absolute atomic E-state index is 0.163. The van der Waals surface area contributed by atoms with E-state index in [-0.39, 0.29) is 32.7 Å². The molecule has 0 heterocycles. The molecule has 0 aromatic rings. The number of carbonyl (C=O) groups is 3. The van der Waals surface area contributed by atoms with Crippen LogP contribution in [0.2, 0.25) is 0 Å². The zero-order chi connectivity index (χ0) is 60.5. The zero-order valence-electron chi connectivity index (χ0n) is 52.5. The maximum atomic E-state index is 12.9. The lowest BCUT2D eigenvalue weighted by molar-refractivity contribution is -0.870. The number of carboxylic acid groups (broad SMARTS) is 1. The average Bonchev–Trinajstić information content (AvgIpc) is 3.46. The lowest BCUT2D eigenvalue weighted by Gasteiger charge is -2.25. The number of likely N-dealkylation sites (N-methyl/N-ethyl adjacent to an activating group) is 1. The molecule has 2 atom stereocenters. The molecular weight excluding hydrogens is 1030 g/mol. The largest absolute Gasteiger partial charge is 0.477 e. The summed E-state index contributed by atoms with van der Waals surface area (Å²) in [5.74, 6) is -2.15. The number of ether oxygens (including phenoxy) is 4. The predicted molar refractivity (Wildman–Crippen MR) is 354 cm³/mol. The summed E-state index contributed by atoms with van der Waals surface area (Å²) in [4.78, 5) is 37.4. The van der Waals surface area contributed by atoms with Gasteiger partial charge in [0.25, 0.3) is 6.29 Å². The van der Waals surface area contributed by atoms with Crippen LogP contribution in [0.5, 0.6) is 0 Å². The summed E-state index contributed by atoms with van der Waals surface area (Å²) in [7, 11) is 5.93. The second-order valence-corrected chi connectivity index (χ2v) is 21.2. The smallest absolute Gasteiger partial charge is 0.361 e. The fourth-order valence-electron chi connectivity index (χ4n) is 7.59. The molecule has 462 valence electrons. The van der Waals surface area contributed by atoms with Crippen LogP contribution in [-0.2, 0) is 33.3 Å². The molecule has 0 aliphatic heterocycles. The van der Waals surface area contributed by atoms with E-state index in [0.29, 0.717) is 23.9 Å². The summed E-state index contributed by atoms with van der Waals surface area (Å²) >= 11 is 0. The minimum Gasteiger partial charge on any atom is -0.477 e. The van der Waals surface area contributed by atoms with Gasteiger partial charge in [-0.25, -0.2) is 4.79 Å². The number of rotatable bonds is 55. The third-order valence-corrected chi connectivity index (χ3v) is 12.4. The first-order chi connectivity index (χ1) is 40.6. The van der Waals surface area contributed by atoms with Gasteiger partial charge in [-0.15, -0.1) is 0 Å². The van der Waals surface area contributed by atoms with Gasteiger partial charge in [0, 0.05) is 12.8 Å². The molecule has 0 aliphatic rings. The van der Waals surface area contributed by atoms with Crippen LogP contribution in [0.1, 0.15) is 194 Å². The van der Waals surface area contributed by atoms with Crippen molar-refractivity contribution in [2.24, 2.45) is 0 Å². The Hall–Kier alpha value is -5.87. The Bertz CT molecular complexity index is 2060. The Balaban J connectivity index is 4.30. The summed E-state index contributed by atoms with van der Waals surface area (Å²) < 4.78 is 22.8. The summed E-state index contributed by atoms with van der Waals surface area (Å²) in [5.41, 5.74) is 0. The number of quaternary nitrogens is 1. The molecule has 9 nitrogen and oxygen atoms in total. The van der Waals surface area contributed by atoms with E-state index in [9.17, 15) is 19.5 Å². The normalized spacial score (nSPS) is 14.1. The highest BCUT2D eigenvalue weighted by Gasteiger charge is 2.25. The molecule has 0 aromatic heterocycles. The quantitative estimate of drug-likeness (QED) is 0.0211. The maximum absolute atomic E-state index is 12.9. The van der Waals surface area contributed by atoms with Crippen molar-refractivity contribution in [2.45, 2.75) is 206 Å². The molecule has 1 N–H and O–H groups in total. The average molecular weight is 1150 g/mol. The van der Waals surface area contributed by atoms with E-state index in [1.807, 2.05) is 33.3 Å². The fourth-order valence-corrected chi connectivity index (χ4v) is 7.59. The zero-order valence-corrected chi connectivity index (χ0v) is 52.5. The summed E-state index contributed by atoms with van der Waals surface area (Å²) in [6.45, 7) is 4.51. The van der Waals surface area contributed by atoms with Crippen molar-refractivity contribution in [3.8, 4) is 0 Å². The van der Waals surface area contributed by atoms with Crippen molar-refractivity contribution in [3.05, 3.63) is 194 Å². The lowest BCUT2D eigenvalue weighted by atomic mass is 10.1. The van der Waals surface area contributed by atoms with Gasteiger partial charge in [0.2, 0.25) is 0 Å². The van der Waals surface area contributed by atoms with Crippen LogP contribution in [0.4, 0.5) is 0 Å². The number of hydrogen-bond acceptors (Lipinski definition) is 7. The van der Waals surface area contributed by atoms with Gasteiger partial charge in [-0.2, -0.15) is 0 Å². The molecule has 0 bridgehead atoms. The first-order valence-corrected chi connectivity index (χ1v) is 31.6. The highest BCUT2D eigenvalue weighted by Crippen LogP contribution is 2.13. The van der Waals surface area contributed by atoms with E-state index in [1.54, 1.807) is 0 Å². The fraction of sp³-hybridized carbons (Fsp3) is 0.527. The number of hydrogen-bond donors (Lipinski definition) is 1. The number of nitrogens with zero attached hydrogens (tertiary/aromatic N) is 1. The first kappa shape index (κ1) is 77.1. The predicted octanol–water partition coefficient (Wildman–Crippen LogP) is 19.5. The Kier molecular flexibility index (Phi) is 57.8. The van der Waals surface area contributed by atoms with E-state index in [4.69, 9.17) is 18.9 Å². The molecule has 0 radical (unpaired) electrons. The minimum atomic E-state index is -1.54. The van der Waals surface area contributed by atoms with Crippen LogP contribution in [0.25, 0.3) is 0 Å². The van der Waals surface area contributed by atoms with Crippen molar-refractivity contribution in [2.75, 3.05) is 47.5 Å². The Morgan fingerprint density at radius 1 is 0.361 bits per heavy atom. The first-order valence-electron chi connectivity index (χ1n) is 31.6. The van der Waals surface area contributed by atoms with Crippen molar-refractivity contribution in [1.82, 2.24) is 0 Å². The highest BCUT2D eigenvalue weighted by atomic mass is 16.7. The van der Waals surface area contributed by atoms with Gasteiger partial charge in [-0.1, -0.05) is 247 Å². The molecule has 9 heteroatoms. The second kappa shape index (κ2) is 62.2. The van der Waals surface area contributed by atoms with Crippen LogP contribution in [0.3, 0.4) is 0 Å². The Morgan fingerprint density at radius 2 is 0.675 bits per heavy atom. The van der Waals surface area contributed by atoms with Gasteiger partial charge in [0.15, 0.2) is 6.10 Å². The van der Waals surface area contributed by atoms with E-state index in [2.05, 4.69) is 196 Å². The SMILES string of the molecule is CC/C=C\C/C=C\C/C=C\C/C=C\C/C=C\C/C=C\C/C=C\C/C=C\C/C=C\C/C=C\CCCCCCCCCCC(=O)OC(COC(=O)CC/C=C\C/C=C\C/C=C\C/C=C\C/C=C\C/C=C\CC)COC(OCC[N+](C)(C)C)C(=O)O. The third kappa shape index (κ3) is 63.6. The van der Waals surface area contributed by atoms with Crippen molar-refractivity contribution >= 4 is 17.9 Å². The number of unbranched alkanes of at least 4 members (excludes halogenated alkanes) is 8. The van der Waals surface area contributed by atoms with Gasteiger partial charge in [0.05, 0.1) is 34.4 Å². The molecule has 0 fully saturated rings. The Morgan fingerprint density at radius 3 is 1.01 bits per heavy atom. The van der Waals surface area contributed by atoms with E-state index in [1.165, 1.54) is 25.7 Å². The maximum Gasteiger partial charge on any atom is 0.361 e.